The summed E-state index contributed by atoms with van der Waals surface area (Å²) in [6.45, 7) is 0. The molecule has 210 valence electrons. The van der Waals surface area contributed by atoms with Gasteiger partial charge in [0, 0.05) is 32.9 Å². The predicted octanol–water partition coefficient (Wildman–Crippen LogP) is 11.1. The van der Waals surface area contributed by atoms with Crippen molar-refractivity contribution in [3.8, 4) is 33.6 Å². The van der Waals surface area contributed by atoms with Crippen molar-refractivity contribution in [1.82, 2.24) is 9.13 Å². The maximum absolute atomic E-state index is 2.47. The maximum atomic E-state index is 2.47. The smallest absolute Gasteiger partial charge is 0.0548 e. The fraction of sp³-hybridized carbons (Fsp3) is 0.0233. The molecule has 0 fully saturated rings. The van der Waals surface area contributed by atoms with Crippen LogP contribution in [0.1, 0.15) is 11.1 Å². The Hall–Kier alpha value is -5.86. The van der Waals surface area contributed by atoms with Crippen LogP contribution in [-0.2, 0) is 6.42 Å². The standard InChI is InChI=1S/C43H28N2/c1-2-11-28(12-3-1)29-14-10-15-32(26-29)44-38-19-8-6-17-35(38)42-40(44)23-24-41-43(42)36-18-7-9-20-39(36)45(41)33-22-21-31-25-30-13-4-5-16-34(30)37(31)27-33/h1-24,26-27H,25H2. The van der Waals surface area contributed by atoms with Crippen molar-refractivity contribution in [2.24, 2.45) is 0 Å². The lowest BCUT2D eigenvalue weighted by Crippen LogP contribution is -1.96. The Kier molecular flexibility index (Phi) is 5.09. The fourth-order valence-corrected chi connectivity index (χ4v) is 7.78. The van der Waals surface area contributed by atoms with Crippen molar-refractivity contribution < 1.29 is 0 Å². The Balaban J connectivity index is 1.27. The maximum Gasteiger partial charge on any atom is 0.0548 e. The summed E-state index contributed by atoms with van der Waals surface area (Å²) < 4.78 is 4.91. The van der Waals surface area contributed by atoms with Gasteiger partial charge in [-0.15, -0.1) is 0 Å². The van der Waals surface area contributed by atoms with E-state index in [1.54, 1.807) is 0 Å². The fourth-order valence-electron chi connectivity index (χ4n) is 7.78. The Bertz CT molecular complexity index is 2620. The summed E-state index contributed by atoms with van der Waals surface area (Å²) >= 11 is 0. The average Bonchev–Trinajstić information content (AvgIpc) is 3.76. The molecule has 2 heterocycles. The zero-order chi connectivity index (χ0) is 29.5. The van der Waals surface area contributed by atoms with E-state index in [1.807, 2.05) is 0 Å². The minimum atomic E-state index is 1.00. The van der Waals surface area contributed by atoms with E-state index >= 15 is 0 Å². The highest BCUT2D eigenvalue weighted by atomic mass is 15.0. The molecule has 1 aliphatic rings. The SMILES string of the molecule is c1ccc(-c2cccc(-n3c4ccccc4c4c5c6ccccc6n(-c6ccc7c(c6)-c6ccccc6C7)c5ccc43)c2)cc1. The molecule has 45 heavy (non-hydrogen) atoms. The van der Waals surface area contributed by atoms with Crippen molar-refractivity contribution >= 4 is 43.6 Å². The molecule has 2 aromatic heterocycles. The first-order valence-electron chi connectivity index (χ1n) is 15.7. The molecule has 0 radical (unpaired) electrons. The first kappa shape index (κ1) is 24.6. The van der Waals surface area contributed by atoms with E-state index in [0.29, 0.717) is 0 Å². The molecule has 0 aliphatic heterocycles. The number of para-hydroxylation sites is 2. The highest BCUT2D eigenvalue weighted by Gasteiger charge is 2.22. The topological polar surface area (TPSA) is 9.86 Å². The molecule has 2 nitrogen and oxygen atoms in total. The first-order valence-corrected chi connectivity index (χ1v) is 15.7. The lowest BCUT2D eigenvalue weighted by atomic mass is 10.0. The molecule has 0 atom stereocenters. The number of hydrogen-bond donors (Lipinski definition) is 0. The number of nitrogens with zero attached hydrogens (tertiary/aromatic N) is 2. The molecule has 0 N–H and O–H groups in total. The van der Waals surface area contributed by atoms with Gasteiger partial charge in [0.2, 0.25) is 0 Å². The van der Waals surface area contributed by atoms with Crippen molar-refractivity contribution in [3.63, 3.8) is 0 Å². The van der Waals surface area contributed by atoms with Crippen molar-refractivity contribution in [2.75, 3.05) is 0 Å². The molecule has 10 rings (SSSR count). The van der Waals surface area contributed by atoms with Gasteiger partial charge >= 0.3 is 0 Å². The summed E-state index contributed by atoms with van der Waals surface area (Å²) in [6.07, 6.45) is 1.00. The molecule has 0 saturated carbocycles. The Labute approximate surface area is 261 Å². The highest BCUT2D eigenvalue weighted by Crippen LogP contribution is 2.44. The highest BCUT2D eigenvalue weighted by molar-refractivity contribution is 6.28. The molecule has 0 amide bonds. The van der Waals surface area contributed by atoms with E-state index in [9.17, 15) is 0 Å². The minimum absolute atomic E-state index is 1.00. The molecule has 2 heteroatoms. The molecule has 0 unspecified atom stereocenters. The van der Waals surface area contributed by atoms with Gasteiger partial charge in [0.15, 0.2) is 0 Å². The summed E-state index contributed by atoms with van der Waals surface area (Å²) in [6, 6.07) is 57.9. The van der Waals surface area contributed by atoms with Gasteiger partial charge in [0.25, 0.3) is 0 Å². The van der Waals surface area contributed by atoms with Gasteiger partial charge in [-0.1, -0.05) is 109 Å². The van der Waals surface area contributed by atoms with E-state index in [0.717, 1.165) is 6.42 Å². The van der Waals surface area contributed by atoms with Crippen LogP contribution < -0.4 is 0 Å². The van der Waals surface area contributed by atoms with Crippen molar-refractivity contribution in [2.45, 2.75) is 6.42 Å². The van der Waals surface area contributed by atoms with Crippen LogP contribution in [-0.4, -0.2) is 9.13 Å². The van der Waals surface area contributed by atoms with E-state index in [2.05, 4.69) is 167 Å². The monoisotopic (exact) mass is 572 g/mol. The Morgan fingerprint density at radius 3 is 1.67 bits per heavy atom. The number of rotatable bonds is 3. The quantitative estimate of drug-likeness (QED) is 0.199. The van der Waals surface area contributed by atoms with Gasteiger partial charge in [0.1, 0.15) is 0 Å². The van der Waals surface area contributed by atoms with Gasteiger partial charge in [0.05, 0.1) is 22.1 Å². The van der Waals surface area contributed by atoms with Gasteiger partial charge in [-0.25, -0.2) is 0 Å². The summed E-state index contributed by atoms with van der Waals surface area (Å²) in [4.78, 5) is 0. The Morgan fingerprint density at radius 2 is 0.933 bits per heavy atom. The van der Waals surface area contributed by atoms with Crippen LogP contribution in [0, 0.1) is 0 Å². The third kappa shape index (κ3) is 3.51. The molecule has 7 aromatic carbocycles. The van der Waals surface area contributed by atoms with Crippen LogP contribution in [0.2, 0.25) is 0 Å². The second-order valence-electron chi connectivity index (χ2n) is 12.2. The molecule has 0 bridgehead atoms. The zero-order valence-electron chi connectivity index (χ0n) is 24.6. The van der Waals surface area contributed by atoms with Gasteiger partial charge in [-0.3, -0.25) is 0 Å². The predicted molar refractivity (Wildman–Crippen MR) is 189 cm³/mol. The van der Waals surface area contributed by atoms with Crippen LogP contribution in [0.15, 0.2) is 158 Å². The summed E-state index contributed by atoms with van der Waals surface area (Å²) in [5.41, 5.74) is 15.3. The van der Waals surface area contributed by atoms with E-state index in [1.165, 1.54) is 88.4 Å². The van der Waals surface area contributed by atoms with Crippen LogP contribution in [0.25, 0.3) is 77.2 Å². The van der Waals surface area contributed by atoms with Crippen LogP contribution >= 0.6 is 0 Å². The summed E-state index contributed by atoms with van der Waals surface area (Å²) in [7, 11) is 0. The van der Waals surface area contributed by atoms with Crippen LogP contribution in [0.3, 0.4) is 0 Å². The normalized spacial score (nSPS) is 12.4. The lowest BCUT2D eigenvalue weighted by molar-refractivity contribution is 1.17. The summed E-state index contributed by atoms with van der Waals surface area (Å²) in [5.74, 6) is 0. The molecule has 0 spiro atoms. The van der Waals surface area contributed by atoms with Crippen molar-refractivity contribution in [3.05, 3.63) is 169 Å². The molecule has 1 aliphatic carbocycles. The van der Waals surface area contributed by atoms with Crippen LogP contribution in [0.4, 0.5) is 0 Å². The summed E-state index contributed by atoms with van der Waals surface area (Å²) in [5, 5.41) is 5.15. The first-order chi connectivity index (χ1) is 22.3. The van der Waals surface area contributed by atoms with Crippen molar-refractivity contribution in [1.29, 1.82) is 0 Å². The third-order valence-corrected chi connectivity index (χ3v) is 9.72. The largest absolute Gasteiger partial charge is 0.309 e. The van der Waals surface area contributed by atoms with E-state index in [4.69, 9.17) is 0 Å². The Morgan fingerprint density at radius 1 is 0.356 bits per heavy atom. The van der Waals surface area contributed by atoms with Gasteiger partial charge in [-0.05, 0) is 88.3 Å². The van der Waals surface area contributed by atoms with Gasteiger partial charge in [-0.2, -0.15) is 0 Å². The third-order valence-electron chi connectivity index (χ3n) is 9.72. The number of benzene rings is 7. The molecular formula is C43H28N2. The minimum Gasteiger partial charge on any atom is -0.309 e. The van der Waals surface area contributed by atoms with E-state index in [-0.39, 0.29) is 0 Å². The molecule has 0 saturated heterocycles. The number of aromatic nitrogens is 2. The van der Waals surface area contributed by atoms with Crippen LogP contribution in [0.5, 0.6) is 0 Å². The molecular weight excluding hydrogens is 544 g/mol. The second-order valence-corrected chi connectivity index (χ2v) is 12.2. The second kappa shape index (κ2) is 9.32. The average molecular weight is 573 g/mol. The van der Waals surface area contributed by atoms with E-state index < -0.39 is 0 Å². The number of fused-ring (bicyclic) bond motifs is 10. The lowest BCUT2D eigenvalue weighted by Gasteiger charge is -2.12. The van der Waals surface area contributed by atoms with Gasteiger partial charge < -0.3 is 9.13 Å². The zero-order valence-corrected chi connectivity index (χ0v) is 24.6. The number of hydrogen-bond acceptors (Lipinski definition) is 0. The molecule has 9 aromatic rings.